The minimum absolute atomic E-state index is 0.145. The lowest BCUT2D eigenvalue weighted by atomic mass is 10.1. The number of anilines is 1. The zero-order valence-corrected chi connectivity index (χ0v) is 12.5. The Morgan fingerprint density at radius 2 is 2.11 bits per heavy atom. The van der Waals surface area contributed by atoms with Crippen LogP contribution in [0.25, 0.3) is 0 Å². The number of hydrogen-bond donors (Lipinski definition) is 2. The van der Waals surface area contributed by atoms with Crippen LogP contribution in [-0.2, 0) is 4.79 Å². The van der Waals surface area contributed by atoms with Crippen LogP contribution in [0.1, 0.15) is 30.6 Å². The van der Waals surface area contributed by atoms with Gasteiger partial charge in [-0.3, -0.25) is 9.59 Å². The van der Waals surface area contributed by atoms with Gasteiger partial charge in [-0.05, 0) is 47.5 Å². The summed E-state index contributed by atoms with van der Waals surface area (Å²) in [6, 6.07) is 4.70. The van der Waals surface area contributed by atoms with E-state index >= 15 is 0 Å². The summed E-state index contributed by atoms with van der Waals surface area (Å²) in [5.74, 6) is -1.35. The van der Waals surface area contributed by atoms with Crippen LogP contribution >= 0.6 is 15.9 Å². The molecule has 0 aliphatic heterocycles. The van der Waals surface area contributed by atoms with E-state index in [1.807, 2.05) is 13.8 Å². The maximum Gasteiger partial charge on any atom is 0.323 e. The minimum Gasteiger partial charge on any atom is -0.480 e. The van der Waals surface area contributed by atoms with E-state index < -0.39 is 5.97 Å². The molecule has 1 aromatic rings. The number of nitrogens with zero attached hydrogens (tertiary/aromatic N) is 1. The fourth-order valence-corrected chi connectivity index (χ4v) is 1.88. The van der Waals surface area contributed by atoms with Crippen molar-refractivity contribution in [2.24, 2.45) is 0 Å². The van der Waals surface area contributed by atoms with Crippen molar-refractivity contribution in [3.8, 4) is 0 Å². The first-order valence-corrected chi connectivity index (χ1v) is 6.73. The molecule has 1 amide bonds. The van der Waals surface area contributed by atoms with E-state index in [4.69, 9.17) is 10.8 Å². The summed E-state index contributed by atoms with van der Waals surface area (Å²) in [5, 5.41) is 8.90. The van der Waals surface area contributed by atoms with Crippen LogP contribution in [0.5, 0.6) is 0 Å². The third-order valence-corrected chi connectivity index (χ3v) is 3.65. The molecule has 0 bridgehead atoms. The summed E-state index contributed by atoms with van der Waals surface area (Å²) >= 11 is 3.25. The number of hydrogen-bond acceptors (Lipinski definition) is 3. The molecule has 0 fully saturated rings. The monoisotopic (exact) mass is 328 g/mol. The van der Waals surface area contributed by atoms with Crippen LogP contribution in [-0.4, -0.2) is 34.5 Å². The van der Waals surface area contributed by atoms with Gasteiger partial charge in [-0.1, -0.05) is 6.92 Å². The second-order valence-electron chi connectivity index (χ2n) is 4.32. The fraction of sp³-hybridized carbons (Fsp3) is 0.385. The Morgan fingerprint density at radius 1 is 1.47 bits per heavy atom. The number of rotatable bonds is 5. The summed E-state index contributed by atoms with van der Waals surface area (Å²) in [6.07, 6.45) is 0.686. The Kier molecular flexibility index (Phi) is 5.35. The van der Waals surface area contributed by atoms with E-state index in [0.717, 1.165) is 0 Å². The van der Waals surface area contributed by atoms with Gasteiger partial charge in [-0.2, -0.15) is 0 Å². The second kappa shape index (κ2) is 6.56. The number of carboxylic acids is 1. The molecule has 5 nitrogen and oxygen atoms in total. The zero-order chi connectivity index (χ0) is 14.6. The molecule has 1 unspecified atom stereocenters. The van der Waals surface area contributed by atoms with Gasteiger partial charge in [-0.15, -0.1) is 0 Å². The first-order valence-electron chi connectivity index (χ1n) is 5.94. The second-order valence-corrected chi connectivity index (χ2v) is 5.17. The van der Waals surface area contributed by atoms with Crippen molar-refractivity contribution in [2.75, 3.05) is 12.3 Å². The Bertz CT molecular complexity index is 491. The van der Waals surface area contributed by atoms with Gasteiger partial charge in [0, 0.05) is 21.8 Å². The predicted octanol–water partition coefficient (Wildman–Crippen LogP) is 2.36. The summed E-state index contributed by atoms with van der Waals surface area (Å²) in [4.78, 5) is 24.5. The van der Waals surface area contributed by atoms with Gasteiger partial charge < -0.3 is 15.7 Å². The standard InChI is InChI=1S/C13H17BrN2O3/c1-3-8(2)16(7-12(17)18)13(19)9-4-5-10(14)11(15)6-9/h4-6,8H,3,7,15H2,1-2H3,(H,17,18). The quantitative estimate of drug-likeness (QED) is 0.812. The smallest absolute Gasteiger partial charge is 0.323 e. The summed E-state index contributed by atoms with van der Waals surface area (Å²) in [5.41, 5.74) is 6.57. The Morgan fingerprint density at radius 3 is 2.58 bits per heavy atom. The lowest BCUT2D eigenvalue weighted by Gasteiger charge is -2.27. The number of benzene rings is 1. The highest BCUT2D eigenvalue weighted by atomic mass is 79.9. The number of carboxylic acid groups (broad SMARTS) is 1. The molecular weight excluding hydrogens is 312 g/mol. The van der Waals surface area contributed by atoms with E-state index in [9.17, 15) is 9.59 Å². The van der Waals surface area contributed by atoms with Crippen LogP contribution < -0.4 is 5.73 Å². The molecule has 0 aliphatic carbocycles. The first-order chi connectivity index (χ1) is 8.86. The number of carbonyl (C=O) groups excluding carboxylic acids is 1. The first kappa shape index (κ1) is 15.5. The summed E-state index contributed by atoms with van der Waals surface area (Å²) in [6.45, 7) is 3.41. The molecule has 19 heavy (non-hydrogen) atoms. The maximum absolute atomic E-state index is 12.3. The van der Waals surface area contributed by atoms with E-state index in [2.05, 4.69) is 15.9 Å². The molecule has 0 saturated heterocycles. The van der Waals surface area contributed by atoms with Crippen LogP contribution in [0, 0.1) is 0 Å². The highest BCUT2D eigenvalue weighted by Gasteiger charge is 2.23. The largest absolute Gasteiger partial charge is 0.480 e. The SMILES string of the molecule is CCC(C)N(CC(=O)O)C(=O)c1ccc(Br)c(N)c1. The van der Waals surface area contributed by atoms with Gasteiger partial charge in [-0.25, -0.2) is 0 Å². The number of nitrogen functional groups attached to an aromatic ring is 1. The third-order valence-electron chi connectivity index (χ3n) is 2.93. The normalized spacial score (nSPS) is 11.9. The van der Waals surface area contributed by atoms with Crippen molar-refractivity contribution in [3.63, 3.8) is 0 Å². The van der Waals surface area contributed by atoms with Crippen LogP contribution in [0.4, 0.5) is 5.69 Å². The molecule has 0 spiro atoms. The van der Waals surface area contributed by atoms with Gasteiger partial charge in [0.25, 0.3) is 5.91 Å². The van der Waals surface area contributed by atoms with Crippen molar-refractivity contribution in [1.29, 1.82) is 0 Å². The molecule has 0 heterocycles. The number of nitrogens with two attached hydrogens (primary N) is 1. The number of halogens is 1. The highest BCUT2D eigenvalue weighted by molar-refractivity contribution is 9.10. The molecule has 0 aliphatic rings. The van der Waals surface area contributed by atoms with Crippen LogP contribution in [0.15, 0.2) is 22.7 Å². The van der Waals surface area contributed by atoms with E-state index in [1.54, 1.807) is 18.2 Å². The summed E-state index contributed by atoms with van der Waals surface area (Å²) in [7, 11) is 0. The highest BCUT2D eigenvalue weighted by Crippen LogP contribution is 2.21. The summed E-state index contributed by atoms with van der Waals surface area (Å²) < 4.78 is 0.706. The number of aliphatic carboxylic acids is 1. The molecule has 104 valence electrons. The Balaban J connectivity index is 3.04. The molecule has 0 saturated carbocycles. The molecule has 1 atom stereocenters. The van der Waals surface area contributed by atoms with Gasteiger partial charge in [0.15, 0.2) is 0 Å². The number of carbonyl (C=O) groups is 2. The van der Waals surface area contributed by atoms with Gasteiger partial charge in [0.2, 0.25) is 0 Å². The Labute approximate surface area is 120 Å². The van der Waals surface area contributed by atoms with Gasteiger partial charge >= 0.3 is 5.97 Å². The molecule has 0 aromatic heterocycles. The molecule has 6 heteroatoms. The average Bonchev–Trinajstić information content (AvgIpc) is 2.37. The minimum atomic E-state index is -1.03. The molecule has 3 N–H and O–H groups in total. The molecule has 1 rings (SSSR count). The van der Waals surface area contributed by atoms with Gasteiger partial charge in [0.1, 0.15) is 6.54 Å². The average molecular weight is 329 g/mol. The predicted molar refractivity (Wildman–Crippen MR) is 77.0 cm³/mol. The third kappa shape index (κ3) is 3.96. The van der Waals surface area contributed by atoms with E-state index in [0.29, 0.717) is 22.1 Å². The van der Waals surface area contributed by atoms with Crippen molar-refractivity contribution in [3.05, 3.63) is 28.2 Å². The van der Waals surface area contributed by atoms with Crippen molar-refractivity contribution < 1.29 is 14.7 Å². The van der Waals surface area contributed by atoms with E-state index in [1.165, 1.54) is 4.90 Å². The molecule has 0 radical (unpaired) electrons. The van der Waals surface area contributed by atoms with Crippen molar-refractivity contribution in [2.45, 2.75) is 26.3 Å². The lowest BCUT2D eigenvalue weighted by Crippen LogP contribution is -2.41. The van der Waals surface area contributed by atoms with Crippen LogP contribution in [0.3, 0.4) is 0 Å². The molecule has 1 aromatic carbocycles. The fourth-order valence-electron chi connectivity index (χ4n) is 1.64. The van der Waals surface area contributed by atoms with E-state index in [-0.39, 0.29) is 18.5 Å². The molecular formula is C13H17BrN2O3. The maximum atomic E-state index is 12.3. The number of amides is 1. The Hall–Kier alpha value is -1.56. The van der Waals surface area contributed by atoms with Crippen LogP contribution in [0.2, 0.25) is 0 Å². The van der Waals surface area contributed by atoms with Crippen molar-refractivity contribution >= 4 is 33.5 Å². The zero-order valence-electron chi connectivity index (χ0n) is 10.9. The van der Waals surface area contributed by atoms with Crippen molar-refractivity contribution in [1.82, 2.24) is 4.90 Å². The lowest BCUT2D eigenvalue weighted by molar-refractivity contribution is -0.138. The van der Waals surface area contributed by atoms with Gasteiger partial charge in [0.05, 0.1) is 0 Å². The topological polar surface area (TPSA) is 83.6 Å².